The average molecular weight is 305 g/mol. The molecular formula is C17H17F2NO2. The summed E-state index contributed by atoms with van der Waals surface area (Å²) in [5.41, 5.74) is 0.975. The van der Waals surface area contributed by atoms with Crippen molar-refractivity contribution in [3.05, 3.63) is 64.7 Å². The van der Waals surface area contributed by atoms with Crippen LogP contribution in [0.4, 0.5) is 8.78 Å². The molecule has 0 bridgehead atoms. The van der Waals surface area contributed by atoms with Crippen molar-refractivity contribution in [1.82, 2.24) is 5.32 Å². The number of fused-ring (bicyclic) bond motifs is 1. The molecule has 0 saturated heterocycles. The van der Waals surface area contributed by atoms with Crippen LogP contribution in [0.1, 0.15) is 35.3 Å². The van der Waals surface area contributed by atoms with E-state index >= 15 is 0 Å². The maximum absolute atomic E-state index is 14.2. The highest BCUT2D eigenvalue weighted by Gasteiger charge is 2.28. The minimum absolute atomic E-state index is 0.0368. The number of amides is 1. The monoisotopic (exact) mass is 305 g/mol. The van der Waals surface area contributed by atoms with Crippen LogP contribution in [0.2, 0.25) is 0 Å². The topological polar surface area (TPSA) is 38.3 Å². The molecule has 1 aliphatic rings. The smallest absolute Gasteiger partial charge is 0.255 e. The van der Waals surface area contributed by atoms with Crippen molar-refractivity contribution in [3.63, 3.8) is 0 Å². The van der Waals surface area contributed by atoms with Gasteiger partial charge in [0.05, 0.1) is 5.56 Å². The minimum Gasteiger partial charge on any atom is -0.483 e. The Kier molecular flexibility index (Phi) is 5.09. The van der Waals surface area contributed by atoms with Crippen molar-refractivity contribution in [2.45, 2.75) is 27.0 Å². The largest absolute Gasteiger partial charge is 0.483 e. The van der Waals surface area contributed by atoms with Gasteiger partial charge in [0.15, 0.2) is 17.4 Å². The average Bonchev–Trinajstić information content (AvgIpc) is 2.91. The van der Waals surface area contributed by atoms with E-state index < -0.39 is 23.3 Å². The highest BCUT2D eigenvalue weighted by atomic mass is 19.1. The van der Waals surface area contributed by atoms with Gasteiger partial charge < -0.3 is 10.1 Å². The zero-order valence-electron chi connectivity index (χ0n) is 12.5. The number of nitrogens with one attached hydrogen (secondary N) is 1. The van der Waals surface area contributed by atoms with E-state index in [-0.39, 0.29) is 18.7 Å². The number of hydrogen-bond donors (Lipinski definition) is 1. The first-order chi connectivity index (χ1) is 10.7. The fraction of sp³-hybridized carbons (Fsp3) is 0.235. The number of hydrogen-bond acceptors (Lipinski definition) is 2. The number of benzene rings is 2. The standard InChI is InChI=1S/C15H11F2NO2.C2H6/c16-11-6-10-7-18-15(19)12(10)13(17)14(11)20-8-9-4-2-1-3-5-9;1-2/h1-6H,7-8H2,(H,18,19);1-2H3. The number of ether oxygens (including phenoxy) is 1. The van der Waals surface area contributed by atoms with Gasteiger partial charge in [0.2, 0.25) is 0 Å². The highest BCUT2D eigenvalue weighted by molar-refractivity contribution is 5.99. The van der Waals surface area contributed by atoms with E-state index in [4.69, 9.17) is 4.74 Å². The Hall–Kier alpha value is -2.43. The van der Waals surface area contributed by atoms with Crippen molar-refractivity contribution in [2.24, 2.45) is 0 Å². The number of carbonyl (C=O) groups is 1. The molecule has 1 aliphatic heterocycles. The molecule has 0 radical (unpaired) electrons. The second-order valence-corrected chi connectivity index (χ2v) is 4.49. The fourth-order valence-electron chi connectivity index (χ4n) is 2.16. The first-order valence-corrected chi connectivity index (χ1v) is 7.12. The molecule has 1 N–H and O–H groups in total. The number of rotatable bonds is 3. The molecule has 0 fully saturated rings. The van der Waals surface area contributed by atoms with Gasteiger partial charge in [-0.15, -0.1) is 0 Å². The molecule has 0 spiro atoms. The quantitative estimate of drug-likeness (QED) is 0.936. The summed E-state index contributed by atoms with van der Waals surface area (Å²) in [4.78, 5) is 11.5. The summed E-state index contributed by atoms with van der Waals surface area (Å²) in [6.07, 6.45) is 0. The second-order valence-electron chi connectivity index (χ2n) is 4.49. The Labute approximate surface area is 127 Å². The van der Waals surface area contributed by atoms with Crippen LogP contribution in [0.5, 0.6) is 5.75 Å². The summed E-state index contributed by atoms with van der Waals surface area (Å²) in [5.74, 6) is -2.79. The van der Waals surface area contributed by atoms with Crippen LogP contribution < -0.4 is 10.1 Å². The summed E-state index contributed by atoms with van der Waals surface area (Å²) in [6, 6.07) is 10.2. The van der Waals surface area contributed by atoms with Crippen LogP contribution in [0.25, 0.3) is 0 Å². The van der Waals surface area contributed by atoms with Gasteiger partial charge in [-0.2, -0.15) is 0 Å². The summed E-state index contributed by atoms with van der Waals surface area (Å²) in [6.45, 7) is 4.18. The van der Waals surface area contributed by atoms with Gasteiger partial charge in [0, 0.05) is 6.54 Å². The summed E-state index contributed by atoms with van der Waals surface area (Å²) >= 11 is 0. The molecule has 3 rings (SSSR count). The van der Waals surface area contributed by atoms with Crippen molar-refractivity contribution in [1.29, 1.82) is 0 Å². The molecular weight excluding hydrogens is 288 g/mol. The molecule has 2 aromatic carbocycles. The predicted molar refractivity (Wildman–Crippen MR) is 79.7 cm³/mol. The summed E-state index contributed by atoms with van der Waals surface area (Å²) in [7, 11) is 0. The van der Waals surface area contributed by atoms with E-state index in [9.17, 15) is 13.6 Å². The Morgan fingerprint density at radius 1 is 1.18 bits per heavy atom. The van der Waals surface area contributed by atoms with Crippen LogP contribution in [0.3, 0.4) is 0 Å². The highest BCUT2D eigenvalue weighted by Crippen LogP contribution is 2.30. The lowest BCUT2D eigenvalue weighted by Gasteiger charge is -2.10. The first kappa shape index (κ1) is 15.9. The molecule has 2 aromatic rings. The van der Waals surface area contributed by atoms with E-state index in [2.05, 4.69) is 5.32 Å². The third-order valence-electron chi connectivity index (χ3n) is 3.15. The zero-order chi connectivity index (χ0) is 16.1. The zero-order valence-corrected chi connectivity index (χ0v) is 12.5. The maximum Gasteiger partial charge on any atom is 0.255 e. The predicted octanol–water partition coefficient (Wildman–Crippen LogP) is 3.81. The Balaban J connectivity index is 0.000000847. The molecule has 0 aliphatic carbocycles. The van der Waals surface area contributed by atoms with Crippen LogP contribution >= 0.6 is 0 Å². The molecule has 0 saturated carbocycles. The van der Waals surface area contributed by atoms with Gasteiger partial charge in [-0.05, 0) is 17.2 Å². The van der Waals surface area contributed by atoms with Gasteiger partial charge >= 0.3 is 0 Å². The fourth-order valence-corrected chi connectivity index (χ4v) is 2.16. The Morgan fingerprint density at radius 3 is 2.55 bits per heavy atom. The minimum atomic E-state index is -0.939. The van der Waals surface area contributed by atoms with Crippen molar-refractivity contribution in [3.8, 4) is 5.75 Å². The van der Waals surface area contributed by atoms with E-state index in [1.807, 2.05) is 32.0 Å². The Bertz CT molecular complexity index is 672. The van der Waals surface area contributed by atoms with Gasteiger partial charge in [-0.1, -0.05) is 44.2 Å². The second kappa shape index (κ2) is 7.02. The van der Waals surface area contributed by atoms with Crippen LogP contribution in [0.15, 0.2) is 36.4 Å². The molecule has 0 aromatic heterocycles. The third kappa shape index (κ3) is 3.08. The van der Waals surface area contributed by atoms with Gasteiger partial charge in [0.25, 0.3) is 5.91 Å². The van der Waals surface area contributed by atoms with Crippen molar-refractivity contribution < 1.29 is 18.3 Å². The van der Waals surface area contributed by atoms with E-state index in [0.29, 0.717) is 5.56 Å². The normalized spacial score (nSPS) is 12.1. The summed E-state index contributed by atoms with van der Waals surface area (Å²) in [5, 5.41) is 2.45. The van der Waals surface area contributed by atoms with E-state index in [1.54, 1.807) is 12.1 Å². The third-order valence-corrected chi connectivity index (χ3v) is 3.15. The van der Waals surface area contributed by atoms with Crippen molar-refractivity contribution >= 4 is 5.91 Å². The summed E-state index contributed by atoms with van der Waals surface area (Å²) < 4.78 is 33.2. The van der Waals surface area contributed by atoms with E-state index in [0.717, 1.165) is 11.6 Å². The van der Waals surface area contributed by atoms with Crippen LogP contribution in [0, 0.1) is 11.6 Å². The molecule has 116 valence electrons. The molecule has 3 nitrogen and oxygen atoms in total. The first-order valence-electron chi connectivity index (χ1n) is 7.12. The van der Waals surface area contributed by atoms with Gasteiger partial charge in [0.1, 0.15) is 6.61 Å². The number of halogens is 2. The molecule has 1 heterocycles. The van der Waals surface area contributed by atoms with E-state index in [1.165, 1.54) is 0 Å². The molecule has 0 atom stereocenters. The van der Waals surface area contributed by atoms with Crippen molar-refractivity contribution in [2.75, 3.05) is 0 Å². The maximum atomic E-state index is 14.2. The lowest BCUT2D eigenvalue weighted by atomic mass is 10.1. The molecule has 22 heavy (non-hydrogen) atoms. The van der Waals surface area contributed by atoms with Gasteiger partial charge in [-0.25, -0.2) is 8.78 Å². The van der Waals surface area contributed by atoms with Crippen LogP contribution in [-0.4, -0.2) is 5.91 Å². The molecule has 0 unspecified atom stereocenters. The van der Waals surface area contributed by atoms with Gasteiger partial charge in [-0.3, -0.25) is 4.79 Å². The lowest BCUT2D eigenvalue weighted by Crippen LogP contribution is -2.14. The van der Waals surface area contributed by atoms with Crippen LogP contribution in [-0.2, 0) is 13.2 Å². The Morgan fingerprint density at radius 2 is 1.86 bits per heavy atom. The number of carbonyl (C=O) groups excluding carboxylic acids is 1. The molecule has 1 amide bonds. The SMILES string of the molecule is CC.O=C1NCc2cc(F)c(OCc3ccccc3)c(F)c21. The molecule has 5 heteroatoms. The lowest BCUT2D eigenvalue weighted by molar-refractivity contribution is 0.0961.